The molecule has 0 aromatic heterocycles. The summed E-state index contributed by atoms with van der Waals surface area (Å²) < 4.78 is 15.5. The summed E-state index contributed by atoms with van der Waals surface area (Å²) in [5, 5.41) is 0. The Morgan fingerprint density at radius 2 is 1.50 bits per heavy atom. The highest BCUT2D eigenvalue weighted by Crippen LogP contribution is 2.58. The van der Waals surface area contributed by atoms with Crippen molar-refractivity contribution in [2.24, 2.45) is 5.41 Å². The quantitative estimate of drug-likeness (QED) is 0.592. The molecule has 0 unspecified atom stereocenters. The predicted molar refractivity (Wildman–Crippen MR) is 98.7 cm³/mol. The standard InChI is InChI=1S/C23H27F/c1-3-17-7-9-18(10-8-17)19-5-4-6-20(21(19)24)23-14-11-22(2,12-15-23)13-16-23/h4-10H,3,11-16H2,1-2H3. The van der Waals surface area contributed by atoms with Gasteiger partial charge in [-0.05, 0) is 72.5 Å². The number of hydrogen-bond acceptors (Lipinski definition) is 0. The molecule has 0 amide bonds. The van der Waals surface area contributed by atoms with Gasteiger partial charge >= 0.3 is 0 Å². The summed E-state index contributed by atoms with van der Waals surface area (Å²) in [6, 6.07) is 14.4. The first kappa shape index (κ1) is 15.9. The second kappa shape index (κ2) is 5.72. The molecule has 0 spiro atoms. The van der Waals surface area contributed by atoms with E-state index in [-0.39, 0.29) is 11.2 Å². The minimum Gasteiger partial charge on any atom is -0.206 e. The fraction of sp³-hybridized carbons (Fsp3) is 0.478. The minimum atomic E-state index is 0.0206. The lowest BCUT2D eigenvalue weighted by Crippen LogP contribution is -2.43. The summed E-state index contributed by atoms with van der Waals surface area (Å²) in [5.41, 5.74) is 4.64. The SMILES string of the molecule is CCc1ccc(-c2cccc(C34CCC(C)(CC3)CC4)c2F)cc1. The fourth-order valence-electron chi connectivity index (χ4n) is 4.86. The molecule has 0 N–H and O–H groups in total. The van der Waals surface area contributed by atoms with Crippen molar-refractivity contribution in [3.8, 4) is 11.1 Å². The molecule has 3 saturated carbocycles. The highest BCUT2D eigenvalue weighted by Gasteiger charge is 2.48. The Balaban J connectivity index is 1.73. The molecule has 126 valence electrons. The van der Waals surface area contributed by atoms with Gasteiger partial charge in [-0.1, -0.05) is 56.3 Å². The van der Waals surface area contributed by atoms with Crippen LogP contribution >= 0.6 is 0 Å². The second-order valence-electron chi connectivity index (χ2n) is 8.31. The van der Waals surface area contributed by atoms with Crippen molar-refractivity contribution in [3.05, 3.63) is 59.4 Å². The van der Waals surface area contributed by atoms with Gasteiger partial charge in [-0.2, -0.15) is 0 Å². The molecule has 0 nitrogen and oxygen atoms in total. The second-order valence-corrected chi connectivity index (χ2v) is 8.31. The zero-order valence-electron chi connectivity index (χ0n) is 14.9. The molecule has 0 radical (unpaired) electrons. The monoisotopic (exact) mass is 322 g/mol. The summed E-state index contributed by atoms with van der Waals surface area (Å²) in [6.07, 6.45) is 8.23. The summed E-state index contributed by atoms with van der Waals surface area (Å²) in [7, 11) is 0. The van der Waals surface area contributed by atoms with Crippen molar-refractivity contribution in [2.75, 3.05) is 0 Å². The van der Waals surface area contributed by atoms with Crippen molar-refractivity contribution in [3.63, 3.8) is 0 Å². The molecule has 3 aliphatic carbocycles. The van der Waals surface area contributed by atoms with Crippen LogP contribution in [0, 0.1) is 11.2 Å². The molecule has 3 aliphatic rings. The number of hydrogen-bond donors (Lipinski definition) is 0. The van der Waals surface area contributed by atoms with Crippen LogP contribution in [-0.2, 0) is 11.8 Å². The highest BCUT2D eigenvalue weighted by atomic mass is 19.1. The first-order valence-corrected chi connectivity index (χ1v) is 9.44. The maximum Gasteiger partial charge on any atom is 0.134 e. The molecule has 0 heterocycles. The Kier molecular flexibility index (Phi) is 3.78. The molecule has 0 atom stereocenters. The first-order chi connectivity index (χ1) is 11.6. The Bertz CT molecular complexity index is 717. The topological polar surface area (TPSA) is 0 Å². The van der Waals surface area contributed by atoms with Crippen molar-refractivity contribution < 1.29 is 4.39 Å². The molecule has 2 bridgehead atoms. The van der Waals surface area contributed by atoms with Crippen LogP contribution in [0.3, 0.4) is 0 Å². The lowest BCUT2D eigenvalue weighted by Gasteiger charge is -2.52. The van der Waals surface area contributed by atoms with Gasteiger partial charge in [-0.3, -0.25) is 0 Å². The van der Waals surface area contributed by atoms with Crippen LogP contribution in [0.25, 0.3) is 11.1 Å². The summed E-state index contributed by atoms with van der Waals surface area (Å²) in [6.45, 7) is 4.56. The molecule has 1 heteroatoms. The maximum atomic E-state index is 15.5. The summed E-state index contributed by atoms with van der Waals surface area (Å²) >= 11 is 0. The van der Waals surface area contributed by atoms with E-state index in [1.54, 1.807) is 0 Å². The van der Waals surface area contributed by atoms with Gasteiger partial charge in [0.05, 0.1) is 0 Å². The molecule has 2 aromatic rings. The largest absolute Gasteiger partial charge is 0.206 e. The normalized spacial score (nSPS) is 29.0. The molecular weight excluding hydrogens is 295 g/mol. The number of benzene rings is 2. The molecule has 5 rings (SSSR count). The first-order valence-electron chi connectivity index (χ1n) is 9.44. The molecule has 0 aliphatic heterocycles. The average Bonchev–Trinajstić information content (AvgIpc) is 2.63. The number of halogens is 1. The van der Waals surface area contributed by atoms with Gasteiger partial charge in [0.15, 0.2) is 0 Å². The third kappa shape index (κ3) is 2.49. The lowest BCUT2D eigenvalue weighted by molar-refractivity contribution is 0.0536. The van der Waals surface area contributed by atoms with E-state index in [2.05, 4.69) is 44.2 Å². The Hall–Kier alpha value is -1.63. The van der Waals surface area contributed by atoms with E-state index < -0.39 is 0 Å². The van der Waals surface area contributed by atoms with Crippen molar-refractivity contribution in [1.29, 1.82) is 0 Å². The van der Waals surface area contributed by atoms with Gasteiger partial charge in [0.1, 0.15) is 5.82 Å². The van der Waals surface area contributed by atoms with Crippen molar-refractivity contribution in [2.45, 2.75) is 64.2 Å². The zero-order chi connectivity index (χ0) is 16.8. The van der Waals surface area contributed by atoms with Crippen LogP contribution < -0.4 is 0 Å². The van der Waals surface area contributed by atoms with E-state index >= 15 is 4.39 Å². The molecule has 3 fully saturated rings. The van der Waals surface area contributed by atoms with Gasteiger partial charge in [0.25, 0.3) is 0 Å². The fourth-order valence-corrected chi connectivity index (χ4v) is 4.86. The molecular formula is C23H27F. The van der Waals surface area contributed by atoms with E-state index in [9.17, 15) is 0 Å². The molecule has 2 aromatic carbocycles. The summed E-state index contributed by atoms with van der Waals surface area (Å²) in [5.74, 6) is 0.0206. The maximum absolute atomic E-state index is 15.5. The van der Waals surface area contributed by atoms with Gasteiger partial charge in [-0.15, -0.1) is 0 Å². The predicted octanol–water partition coefficient (Wildman–Crippen LogP) is 6.67. The summed E-state index contributed by atoms with van der Waals surface area (Å²) in [4.78, 5) is 0. The van der Waals surface area contributed by atoms with Gasteiger partial charge in [-0.25, -0.2) is 4.39 Å². The number of rotatable bonds is 3. The zero-order valence-corrected chi connectivity index (χ0v) is 14.9. The van der Waals surface area contributed by atoms with Crippen LogP contribution in [0.5, 0.6) is 0 Å². The Morgan fingerprint density at radius 1 is 0.875 bits per heavy atom. The van der Waals surface area contributed by atoms with Crippen molar-refractivity contribution >= 4 is 0 Å². The van der Waals surface area contributed by atoms with E-state index in [4.69, 9.17) is 0 Å². The molecule has 0 saturated heterocycles. The Morgan fingerprint density at radius 3 is 2.08 bits per heavy atom. The minimum absolute atomic E-state index is 0.0206. The third-order valence-corrected chi connectivity index (χ3v) is 6.86. The van der Waals surface area contributed by atoms with Crippen LogP contribution in [0.15, 0.2) is 42.5 Å². The van der Waals surface area contributed by atoms with E-state index in [1.807, 2.05) is 12.1 Å². The van der Waals surface area contributed by atoms with Crippen LogP contribution in [-0.4, -0.2) is 0 Å². The number of aryl methyl sites for hydroxylation is 1. The van der Waals surface area contributed by atoms with Crippen LogP contribution in [0.4, 0.5) is 4.39 Å². The van der Waals surface area contributed by atoms with E-state index in [0.717, 1.165) is 42.4 Å². The smallest absolute Gasteiger partial charge is 0.134 e. The van der Waals surface area contributed by atoms with E-state index in [1.165, 1.54) is 24.8 Å². The van der Waals surface area contributed by atoms with Crippen molar-refractivity contribution in [1.82, 2.24) is 0 Å². The van der Waals surface area contributed by atoms with E-state index in [0.29, 0.717) is 5.41 Å². The van der Waals surface area contributed by atoms with Crippen LogP contribution in [0.1, 0.15) is 63.5 Å². The van der Waals surface area contributed by atoms with Gasteiger partial charge in [0, 0.05) is 5.56 Å². The highest BCUT2D eigenvalue weighted by molar-refractivity contribution is 5.66. The van der Waals surface area contributed by atoms with Gasteiger partial charge in [0.2, 0.25) is 0 Å². The third-order valence-electron chi connectivity index (χ3n) is 6.86. The Labute approximate surface area is 145 Å². The number of fused-ring (bicyclic) bond motifs is 3. The lowest BCUT2D eigenvalue weighted by atomic mass is 9.52. The average molecular weight is 322 g/mol. The van der Waals surface area contributed by atoms with Gasteiger partial charge < -0.3 is 0 Å². The van der Waals surface area contributed by atoms with Crippen LogP contribution in [0.2, 0.25) is 0 Å². The molecule has 24 heavy (non-hydrogen) atoms.